The summed E-state index contributed by atoms with van der Waals surface area (Å²) >= 11 is 3.36. The summed E-state index contributed by atoms with van der Waals surface area (Å²) in [4.78, 5) is 35.2. The summed E-state index contributed by atoms with van der Waals surface area (Å²) in [6, 6.07) is 14.6. The number of fused-ring (bicyclic) bond motifs is 1. The first-order valence-corrected chi connectivity index (χ1v) is 16.8. The zero-order valence-electron chi connectivity index (χ0n) is 26.9. The highest BCUT2D eigenvalue weighted by Gasteiger charge is 2.36. The van der Waals surface area contributed by atoms with E-state index in [0.29, 0.717) is 73.4 Å². The fourth-order valence-corrected chi connectivity index (χ4v) is 7.33. The Kier molecular flexibility index (Phi) is 10.7. The molecular formula is C35H35FIN3O6S. The van der Waals surface area contributed by atoms with Crippen LogP contribution in [0.4, 0.5) is 4.39 Å². The van der Waals surface area contributed by atoms with Crippen molar-refractivity contribution in [2.45, 2.75) is 33.4 Å². The summed E-state index contributed by atoms with van der Waals surface area (Å²) in [5.41, 5.74) is 2.34. The van der Waals surface area contributed by atoms with Gasteiger partial charge >= 0.3 is 0 Å². The number of ether oxygens (including phenoxy) is 4. The second-order valence-electron chi connectivity index (χ2n) is 10.6. The van der Waals surface area contributed by atoms with E-state index in [2.05, 4.69) is 22.6 Å². The van der Waals surface area contributed by atoms with E-state index in [1.807, 2.05) is 19.9 Å². The SMILES string of the molecule is CCN(CC)C(=O)C1=C(C)N=c2s/c(=C/c3cc(I)c(OCc4ccccc4F)c(OC)c3)c(=O)n2[C@H]1c1cc(OC)ccc1OC. The molecule has 246 valence electrons. The van der Waals surface area contributed by atoms with Gasteiger partial charge in [-0.1, -0.05) is 29.5 Å². The quantitative estimate of drug-likeness (QED) is 0.189. The first-order chi connectivity index (χ1) is 22.6. The average Bonchev–Trinajstić information content (AvgIpc) is 3.37. The Balaban J connectivity index is 1.65. The lowest BCUT2D eigenvalue weighted by Gasteiger charge is -2.30. The molecule has 0 aliphatic carbocycles. The molecule has 1 aliphatic heterocycles. The topological polar surface area (TPSA) is 91.6 Å². The number of hydrogen-bond donors (Lipinski definition) is 0. The van der Waals surface area contributed by atoms with Gasteiger partial charge in [0.2, 0.25) is 0 Å². The molecule has 1 aromatic heterocycles. The van der Waals surface area contributed by atoms with Crippen LogP contribution < -0.4 is 33.8 Å². The molecule has 0 radical (unpaired) electrons. The smallest absolute Gasteiger partial charge is 0.271 e. The number of likely N-dealkylation sites (N-methyl/N-ethyl adjacent to an activating group) is 1. The summed E-state index contributed by atoms with van der Waals surface area (Å²) in [6.07, 6.45) is 1.76. The summed E-state index contributed by atoms with van der Waals surface area (Å²) in [7, 11) is 4.64. The van der Waals surface area contributed by atoms with Crippen molar-refractivity contribution in [1.82, 2.24) is 9.47 Å². The Hall–Kier alpha value is -4.17. The van der Waals surface area contributed by atoms with Crippen molar-refractivity contribution in [3.05, 3.63) is 112 Å². The lowest BCUT2D eigenvalue weighted by molar-refractivity contribution is -0.127. The van der Waals surface area contributed by atoms with Gasteiger partial charge in [0.05, 0.1) is 40.7 Å². The molecule has 0 unspecified atom stereocenters. The molecule has 0 fully saturated rings. The predicted molar refractivity (Wildman–Crippen MR) is 188 cm³/mol. The molecular weight excluding hydrogens is 736 g/mol. The van der Waals surface area contributed by atoms with Crippen LogP contribution in [0.15, 0.2) is 75.7 Å². The highest BCUT2D eigenvalue weighted by atomic mass is 127. The fourth-order valence-electron chi connectivity index (χ4n) is 5.50. The van der Waals surface area contributed by atoms with Crippen LogP contribution in [-0.4, -0.2) is 49.8 Å². The van der Waals surface area contributed by atoms with Crippen molar-refractivity contribution in [3.8, 4) is 23.0 Å². The Morgan fingerprint density at radius 3 is 2.43 bits per heavy atom. The number of aromatic nitrogens is 1. The molecule has 2 heterocycles. The third-order valence-electron chi connectivity index (χ3n) is 7.91. The van der Waals surface area contributed by atoms with Gasteiger partial charge in [-0.25, -0.2) is 9.38 Å². The van der Waals surface area contributed by atoms with Crippen LogP contribution in [0.3, 0.4) is 0 Å². The van der Waals surface area contributed by atoms with Crippen LogP contribution in [-0.2, 0) is 11.4 Å². The molecule has 12 heteroatoms. The number of carbonyl (C=O) groups is 1. The van der Waals surface area contributed by atoms with Gasteiger partial charge in [-0.05, 0) is 91.4 Å². The molecule has 9 nitrogen and oxygen atoms in total. The Morgan fingerprint density at radius 1 is 1.04 bits per heavy atom. The maximum atomic E-state index is 14.3. The van der Waals surface area contributed by atoms with E-state index < -0.39 is 6.04 Å². The molecule has 3 aromatic carbocycles. The third kappa shape index (κ3) is 6.79. The van der Waals surface area contributed by atoms with Crippen LogP contribution in [0.1, 0.15) is 43.5 Å². The zero-order valence-corrected chi connectivity index (χ0v) is 29.9. The Morgan fingerprint density at radius 2 is 1.77 bits per heavy atom. The van der Waals surface area contributed by atoms with Gasteiger partial charge in [-0.15, -0.1) is 0 Å². The number of nitrogens with zero attached hydrogens (tertiary/aromatic N) is 3. The maximum Gasteiger partial charge on any atom is 0.271 e. The first kappa shape index (κ1) is 34.2. The second-order valence-corrected chi connectivity index (χ2v) is 12.8. The molecule has 0 saturated carbocycles. The van der Waals surface area contributed by atoms with Gasteiger partial charge in [-0.3, -0.25) is 14.2 Å². The Labute approximate surface area is 289 Å². The minimum absolute atomic E-state index is 0.0264. The number of rotatable bonds is 11. The Bertz CT molecular complexity index is 2040. The van der Waals surface area contributed by atoms with Gasteiger partial charge in [0.1, 0.15) is 30.0 Å². The highest BCUT2D eigenvalue weighted by Crippen LogP contribution is 2.38. The number of allylic oxidation sites excluding steroid dienone is 1. The molecule has 47 heavy (non-hydrogen) atoms. The molecule has 5 rings (SSSR count). The van der Waals surface area contributed by atoms with E-state index in [0.717, 1.165) is 3.57 Å². The van der Waals surface area contributed by atoms with Gasteiger partial charge in [0.15, 0.2) is 16.3 Å². The minimum Gasteiger partial charge on any atom is -0.497 e. The lowest BCUT2D eigenvalue weighted by atomic mass is 9.93. The number of thiazole rings is 1. The van der Waals surface area contributed by atoms with E-state index in [1.165, 1.54) is 24.5 Å². The number of amides is 1. The standard InChI is InChI=1S/C35H35FIN3O6S/c1-7-39(8-2)34(42)30-20(3)38-35-40(31(30)24-18-23(43-4)13-14-27(24)44-5)33(41)29(47-35)17-21-15-26(37)32(28(16-21)45-6)46-19-22-11-9-10-12-25(22)36/h9-18,31H,7-8,19H2,1-6H3/b29-17+/t31-/m0/s1. The summed E-state index contributed by atoms with van der Waals surface area (Å²) in [5.74, 6) is 1.42. The van der Waals surface area contributed by atoms with E-state index in [1.54, 1.807) is 79.2 Å². The molecule has 0 saturated heterocycles. The number of halogens is 2. The molecule has 1 amide bonds. The molecule has 1 aliphatic rings. The van der Waals surface area contributed by atoms with Crippen LogP contribution in [0.5, 0.6) is 23.0 Å². The van der Waals surface area contributed by atoms with Crippen LogP contribution in [0.25, 0.3) is 6.08 Å². The van der Waals surface area contributed by atoms with Crippen LogP contribution in [0, 0.1) is 9.39 Å². The molecule has 0 spiro atoms. The average molecular weight is 772 g/mol. The molecule has 0 bridgehead atoms. The van der Waals surface area contributed by atoms with Crippen molar-refractivity contribution in [2.24, 2.45) is 4.99 Å². The fraction of sp³-hybridized carbons (Fsp3) is 0.286. The van der Waals surface area contributed by atoms with Crippen molar-refractivity contribution in [1.29, 1.82) is 0 Å². The van der Waals surface area contributed by atoms with E-state index in [-0.39, 0.29) is 23.9 Å². The highest BCUT2D eigenvalue weighted by molar-refractivity contribution is 14.1. The molecule has 0 N–H and O–H groups in total. The van der Waals surface area contributed by atoms with Crippen LogP contribution in [0.2, 0.25) is 0 Å². The monoisotopic (exact) mass is 771 g/mol. The number of methoxy groups -OCH3 is 3. The van der Waals surface area contributed by atoms with E-state index >= 15 is 0 Å². The van der Waals surface area contributed by atoms with Crippen molar-refractivity contribution < 1.29 is 28.1 Å². The van der Waals surface area contributed by atoms with Gasteiger partial charge in [-0.2, -0.15) is 0 Å². The summed E-state index contributed by atoms with van der Waals surface area (Å²) in [5, 5.41) is 0. The van der Waals surface area contributed by atoms with Crippen molar-refractivity contribution in [3.63, 3.8) is 0 Å². The van der Waals surface area contributed by atoms with Gasteiger partial charge < -0.3 is 23.8 Å². The third-order valence-corrected chi connectivity index (χ3v) is 9.70. The number of benzene rings is 3. The van der Waals surface area contributed by atoms with E-state index in [9.17, 15) is 14.0 Å². The van der Waals surface area contributed by atoms with Gasteiger partial charge in [0, 0.05) is 24.2 Å². The van der Waals surface area contributed by atoms with Crippen LogP contribution >= 0.6 is 33.9 Å². The predicted octanol–water partition coefficient (Wildman–Crippen LogP) is 5.45. The minimum atomic E-state index is -0.810. The summed E-state index contributed by atoms with van der Waals surface area (Å²) < 4.78 is 39.8. The second kappa shape index (κ2) is 14.7. The lowest BCUT2D eigenvalue weighted by Crippen LogP contribution is -2.43. The number of carbonyl (C=O) groups excluding carboxylic acids is 1. The van der Waals surface area contributed by atoms with Gasteiger partial charge in [0.25, 0.3) is 11.5 Å². The molecule has 1 atom stereocenters. The largest absolute Gasteiger partial charge is 0.497 e. The summed E-state index contributed by atoms with van der Waals surface area (Å²) in [6.45, 7) is 6.65. The zero-order chi connectivity index (χ0) is 33.8. The molecule has 4 aromatic rings. The number of hydrogen-bond acceptors (Lipinski definition) is 8. The maximum absolute atomic E-state index is 14.3. The normalized spacial score (nSPS) is 14.4. The van der Waals surface area contributed by atoms with E-state index in [4.69, 9.17) is 23.9 Å². The van der Waals surface area contributed by atoms with Crippen molar-refractivity contribution in [2.75, 3.05) is 34.4 Å². The first-order valence-electron chi connectivity index (χ1n) is 14.9. The van der Waals surface area contributed by atoms with Crippen molar-refractivity contribution >= 4 is 45.9 Å².